The summed E-state index contributed by atoms with van der Waals surface area (Å²) in [6.45, 7) is 0. The van der Waals surface area contributed by atoms with E-state index in [4.69, 9.17) is 0 Å². The fourth-order valence-corrected chi connectivity index (χ4v) is 1.08. The molecular formula is C6H5O3RbS. The van der Waals surface area contributed by atoms with Gasteiger partial charge in [-0.3, -0.25) is 0 Å². The molecule has 3 nitrogen and oxygen atoms in total. The summed E-state index contributed by atoms with van der Waals surface area (Å²) in [4.78, 5) is -0.185. The number of hydrogen-bond donors (Lipinski definition) is 0. The van der Waals surface area contributed by atoms with E-state index in [9.17, 15) is 13.0 Å². The zero-order chi connectivity index (χ0) is 7.61. The Morgan fingerprint density at radius 1 is 1.09 bits per heavy atom. The third-order valence-corrected chi connectivity index (χ3v) is 1.88. The van der Waals surface area contributed by atoms with Crippen LogP contribution in [0.1, 0.15) is 0 Å². The smallest absolute Gasteiger partial charge is 0.744 e. The summed E-state index contributed by atoms with van der Waals surface area (Å²) in [7, 11) is -4.25. The molecule has 0 fully saturated rings. The fourth-order valence-electron chi connectivity index (χ4n) is 0.587. The molecule has 0 aliphatic rings. The van der Waals surface area contributed by atoms with Crippen LogP contribution in [0.15, 0.2) is 35.2 Å². The second-order valence-electron chi connectivity index (χ2n) is 1.77. The largest absolute Gasteiger partial charge is 1.00 e. The molecule has 54 valence electrons. The van der Waals surface area contributed by atoms with E-state index < -0.39 is 10.1 Å². The summed E-state index contributed by atoms with van der Waals surface area (Å²) in [5.74, 6) is 0. The molecule has 0 bridgehead atoms. The van der Waals surface area contributed by atoms with Crippen LogP contribution in [-0.4, -0.2) is 13.0 Å². The Labute approximate surface area is 114 Å². The quantitative estimate of drug-likeness (QED) is 0.516. The van der Waals surface area contributed by atoms with Gasteiger partial charge in [-0.05, 0) is 12.1 Å². The Hall–Kier alpha value is 0.935. The summed E-state index contributed by atoms with van der Waals surface area (Å²) in [5.41, 5.74) is 0. The standard InChI is InChI=1S/C6H6O3S.Rb/c7-10(8,9)6-4-2-1-3-5-6;/h1-5H,(H,7,8,9);/q;+1/p-1. The molecule has 0 radical (unpaired) electrons. The molecule has 1 aromatic rings. The van der Waals surface area contributed by atoms with Crippen LogP contribution in [0.3, 0.4) is 0 Å². The SMILES string of the molecule is O=S(=O)([O-])c1ccccc1.[Rb+]. The zero-order valence-corrected chi connectivity index (χ0v) is 11.8. The maximum Gasteiger partial charge on any atom is 1.00 e. The third-order valence-electron chi connectivity index (χ3n) is 1.03. The van der Waals surface area contributed by atoms with Gasteiger partial charge in [-0.2, -0.15) is 0 Å². The van der Waals surface area contributed by atoms with Crippen molar-refractivity contribution in [2.75, 3.05) is 0 Å². The van der Waals surface area contributed by atoms with Gasteiger partial charge in [0.1, 0.15) is 10.1 Å². The van der Waals surface area contributed by atoms with E-state index in [2.05, 4.69) is 0 Å². The first-order valence-corrected chi connectivity index (χ1v) is 4.02. The van der Waals surface area contributed by atoms with Crippen LogP contribution >= 0.6 is 0 Å². The Balaban J connectivity index is 0.000001000. The summed E-state index contributed by atoms with van der Waals surface area (Å²) in [6, 6.07) is 7.19. The van der Waals surface area contributed by atoms with Gasteiger partial charge in [0.15, 0.2) is 0 Å². The van der Waals surface area contributed by atoms with Gasteiger partial charge in [0, 0.05) is 0 Å². The molecule has 1 rings (SSSR count). The Morgan fingerprint density at radius 2 is 1.55 bits per heavy atom. The van der Waals surface area contributed by atoms with E-state index in [0.717, 1.165) is 0 Å². The first-order valence-electron chi connectivity index (χ1n) is 2.61. The first-order chi connectivity index (χ1) is 4.61. The van der Waals surface area contributed by atoms with Gasteiger partial charge < -0.3 is 4.55 Å². The molecule has 0 saturated carbocycles. The predicted molar refractivity (Wildman–Crippen MR) is 34.4 cm³/mol. The van der Waals surface area contributed by atoms with Gasteiger partial charge in [-0.25, -0.2) is 8.42 Å². The van der Waals surface area contributed by atoms with Crippen LogP contribution in [0, 0.1) is 0 Å². The number of hydrogen-bond acceptors (Lipinski definition) is 3. The summed E-state index contributed by atoms with van der Waals surface area (Å²) in [5, 5.41) is 0. The molecule has 11 heavy (non-hydrogen) atoms. The molecule has 0 aliphatic heterocycles. The van der Waals surface area contributed by atoms with Crippen molar-refractivity contribution < 1.29 is 71.2 Å². The average molecular weight is 243 g/mol. The molecule has 0 amide bonds. The molecule has 0 unspecified atom stereocenters. The Bertz CT molecular complexity index is 306. The molecule has 0 heterocycles. The Morgan fingerprint density at radius 3 is 1.82 bits per heavy atom. The van der Waals surface area contributed by atoms with Crippen LogP contribution in [0.25, 0.3) is 0 Å². The maximum atomic E-state index is 10.3. The molecule has 0 N–H and O–H groups in total. The fraction of sp³-hybridized carbons (Fsp3) is 0. The summed E-state index contributed by atoms with van der Waals surface area (Å²) in [6.07, 6.45) is 0. The minimum Gasteiger partial charge on any atom is -0.744 e. The average Bonchev–Trinajstić information content (AvgIpc) is 1.88. The van der Waals surface area contributed by atoms with Crippen LogP contribution < -0.4 is 58.2 Å². The monoisotopic (exact) mass is 242 g/mol. The van der Waals surface area contributed by atoms with Crippen molar-refractivity contribution in [1.29, 1.82) is 0 Å². The molecule has 0 aromatic heterocycles. The first kappa shape index (κ1) is 11.9. The van der Waals surface area contributed by atoms with Crippen molar-refractivity contribution in [1.82, 2.24) is 0 Å². The van der Waals surface area contributed by atoms with Crippen molar-refractivity contribution in [2.24, 2.45) is 0 Å². The normalized spacial score (nSPS) is 10.3. The second-order valence-corrected chi connectivity index (χ2v) is 3.15. The van der Waals surface area contributed by atoms with Crippen LogP contribution in [-0.2, 0) is 10.1 Å². The van der Waals surface area contributed by atoms with Crippen molar-refractivity contribution in [3.63, 3.8) is 0 Å². The van der Waals surface area contributed by atoms with Crippen molar-refractivity contribution in [3.05, 3.63) is 30.3 Å². The van der Waals surface area contributed by atoms with E-state index in [0.29, 0.717) is 0 Å². The van der Waals surface area contributed by atoms with Gasteiger partial charge >= 0.3 is 58.2 Å². The minimum atomic E-state index is -4.25. The van der Waals surface area contributed by atoms with E-state index in [1.807, 2.05) is 0 Å². The maximum absolute atomic E-state index is 10.3. The summed E-state index contributed by atoms with van der Waals surface area (Å²) >= 11 is 0. The Kier molecular flexibility index (Phi) is 5.25. The van der Waals surface area contributed by atoms with E-state index >= 15 is 0 Å². The molecule has 1 aromatic carbocycles. The molecule has 0 atom stereocenters. The third kappa shape index (κ3) is 3.91. The van der Waals surface area contributed by atoms with Gasteiger partial charge in [0.2, 0.25) is 0 Å². The van der Waals surface area contributed by atoms with E-state index in [1.54, 1.807) is 6.07 Å². The van der Waals surface area contributed by atoms with Crippen LogP contribution in [0.5, 0.6) is 0 Å². The topological polar surface area (TPSA) is 57.2 Å². The van der Waals surface area contributed by atoms with Gasteiger partial charge in [-0.15, -0.1) is 0 Å². The van der Waals surface area contributed by atoms with Gasteiger partial charge in [0.05, 0.1) is 4.90 Å². The van der Waals surface area contributed by atoms with Gasteiger partial charge in [0.25, 0.3) is 0 Å². The molecule has 5 heteroatoms. The molecular weight excluding hydrogens is 238 g/mol. The van der Waals surface area contributed by atoms with Crippen molar-refractivity contribution >= 4 is 10.1 Å². The van der Waals surface area contributed by atoms with Crippen LogP contribution in [0.2, 0.25) is 0 Å². The predicted octanol–water partition coefficient (Wildman–Crippen LogP) is -2.41. The minimum absolute atomic E-state index is 0. The van der Waals surface area contributed by atoms with Gasteiger partial charge in [-0.1, -0.05) is 18.2 Å². The van der Waals surface area contributed by atoms with Crippen molar-refractivity contribution in [2.45, 2.75) is 4.90 Å². The number of benzene rings is 1. The zero-order valence-electron chi connectivity index (χ0n) is 6.02. The molecule has 0 aliphatic carbocycles. The van der Waals surface area contributed by atoms with Crippen LogP contribution in [0.4, 0.5) is 0 Å². The second kappa shape index (κ2) is 4.84. The summed E-state index contributed by atoms with van der Waals surface area (Å²) < 4.78 is 30.8. The van der Waals surface area contributed by atoms with E-state index in [-0.39, 0.29) is 63.1 Å². The molecule has 0 saturated heterocycles. The number of rotatable bonds is 1. The molecule has 0 spiro atoms. The van der Waals surface area contributed by atoms with E-state index in [1.165, 1.54) is 24.3 Å². The van der Waals surface area contributed by atoms with Crippen molar-refractivity contribution in [3.8, 4) is 0 Å².